The average molecular weight is 362 g/mol. The monoisotopic (exact) mass is 362 g/mol. The highest BCUT2D eigenvalue weighted by atomic mass is 31.2. The molecule has 0 spiro atoms. The fourth-order valence-corrected chi connectivity index (χ4v) is 3.55. The Morgan fingerprint density at radius 1 is 0.577 bits per heavy atom. The molecule has 130 valence electrons. The molecule has 4 aromatic rings. The number of hydrogen-bond donors (Lipinski definition) is 1. The molecule has 0 fully saturated rings. The number of rotatable bonds is 6. The second-order valence-corrected chi connectivity index (χ2v) is 7.14. The van der Waals surface area contributed by atoms with Crippen molar-refractivity contribution in [3.63, 3.8) is 0 Å². The lowest BCUT2D eigenvalue weighted by atomic mass is 10.1. The van der Waals surface area contributed by atoms with E-state index in [4.69, 9.17) is 9.05 Å². The second kappa shape index (κ2) is 7.94. The molecule has 4 heteroatoms. The summed E-state index contributed by atoms with van der Waals surface area (Å²) in [5.74, 6) is 0. The number of hydrogen-bond acceptors (Lipinski definition) is 3. The van der Waals surface area contributed by atoms with Gasteiger partial charge in [-0.1, -0.05) is 72.8 Å². The molecule has 4 rings (SSSR count). The molecule has 0 heterocycles. The molecule has 0 unspecified atom stereocenters. The topological polar surface area (TPSA) is 38.7 Å². The van der Waals surface area contributed by atoms with E-state index in [1.54, 1.807) is 0 Å². The highest BCUT2D eigenvalue weighted by molar-refractivity contribution is 7.40. The van der Waals surface area contributed by atoms with Crippen LogP contribution in [0.25, 0.3) is 21.5 Å². The van der Waals surface area contributed by atoms with Crippen molar-refractivity contribution >= 4 is 30.1 Å². The van der Waals surface area contributed by atoms with E-state index in [9.17, 15) is 4.89 Å². The lowest BCUT2D eigenvalue weighted by molar-refractivity contribution is 0.187. The second-order valence-electron chi connectivity index (χ2n) is 6.15. The van der Waals surface area contributed by atoms with E-state index in [-0.39, 0.29) is 0 Å². The van der Waals surface area contributed by atoms with Gasteiger partial charge < -0.3 is 13.9 Å². The van der Waals surface area contributed by atoms with Crippen molar-refractivity contribution in [2.24, 2.45) is 0 Å². The van der Waals surface area contributed by atoms with E-state index < -0.39 is 8.60 Å². The molecule has 0 amide bonds. The van der Waals surface area contributed by atoms with Crippen LogP contribution >= 0.6 is 8.60 Å². The predicted molar refractivity (Wildman–Crippen MR) is 107 cm³/mol. The Bertz CT molecular complexity index is 948. The van der Waals surface area contributed by atoms with Crippen LogP contribution in [0.3, 0.4) is 0 Å². The molecule has 1 N–H and O–H groups in total. The third-order valence-electron chi connectivity index (χ3n) is 4.31. The Labute approximate surface area is 153 Å². The summed E-state index contributed by atoms with van der Waals surface area (Å²) in [5.41, 5.74) is 2.03. The minimum Gasteiger partial charge on any atom is -0.328 e. The minimum absolute atomic E-state index is 0.324. The molecule has 0 aliphatic carbocycles. The van der Waals surface area contributed by atoms with Crippen molar-refractivity contribution in [1.82, 2.24) is 0 Å². The predicted octanol–water partition coefficient (Wildman–Crippen LogP) is 5.95. The van der Waals surface area contributed by atoms with Crippen molar-refractivity contribution in [3.05, 3.63) is 96.1 Å². The Morgan fingerprint density at radius 3 is 1.46 bits per heavy atom. The Balaban J connectivity index is 1.33. The first-order valence-corrected chi connectivity index (χ1v) is 9.61. The van der Waals surface area contributed by atoms with Crippen LogP contribution in [0.2, 0.25) is 0 Å². The van der Waals surface area contributed by atoms with Gasteiger partial charge in [-0.05, 0) is 44.8 Å². The summed E-state index contributed by atoms with van der Waals surface area (Å²) in [6.45, 7) is 0.648. The molecule has 0 bridgehead atoms. The normalized spacial score (nSPS) is 11.5. The van der Waals surface area contributed by atoms with Gasteiger partial charge >= 0.3 is 8.60 Å². The zero-order valence-electron chi connectivity index (χ0n) is 14.2. The lowest BCUT2D eigenvalue weighted by Crippen LogP contribution is -1.93. The van der Waals surface area contributed by atoms with Gasteiger partial charge in [-0.2, -0.15) is 0 Å². The van der Waals surface area contributed by atoms with Crippen LogP contribution in [-0.2, 0) is 22.3 Å². The Kier molecular flexibility index (Phi) is 5.24. The summed E-state index contributed by atoms with van der Waals surface area (Å²) in [5, 5.41) is 4.70. The molecule has 0 aliphatic rings. The molecule has 0 saturated heterocycles. The maximum absolute atomic E-state index is 10.0. The van der Waals surface area contributed by atoms with Crippen LogP contribution in [0.5, 0.6) is 0 Å². The zero-order chi connectivity index (χ0) is 17.8. The minimum atomic E-state index is -1.91. The average Bonchev–Trinajstić information content (AvgIpc) is 2.70. The highest BCUT2D eigenvalue weighted by Crippen LogP contribution is 2.35. The molecule has 4 aromatic carbocycles. The third-order valence-corrected chi connectivity index (χ3v) is 5.01. The summed E-state index contributed by atoms with van der Waals surface area (Å²) in [6, 6.07) is 28.6. The van der Waals surface area contributed by atoms with Gasteiger partial charge in [0.05, 0.1) is 13.2 Å². The molecule has 0 saturated carbocycles. The highest BCUT2D eigenvalue weighted by Gasteiger charge is 2.08. The standard InChI is InChI=1S/C22H19O3P/c23-26(24-15-17-9-11-19-5-1-3-7-21(19)13-17)25-16-18-10-12-20-6-2-4-8-22(20)14-18/h1-14,23H,15-16H2. The first-order chi connectivity index (χ1) is 12.8. The molecule has 0 radical (unpaired) electrons. The fourth-order valence-electron chi connectivity index (χ4n) is 2.95. The molecule has 0 aromatic heterocycles. The van der Waals surface area contributed by atoms with E-state index >= 15 is 0 Å². The fraction of sp³-hybridized carbons (Fsp3) is 0.0909. The Hall–Kier alpha value is -2.29. The first kappa shape index (κ1) is 17.1. The lowest BCUT2D eigenvalue weighted by Gasteiger charge is -2.12. The van der Waals surface area contributed by atoms with Crippen LogP contribution in [0.1, 0.15) is 11.1 Å². The van der Waals surface area contributed by atoms with E-state index in [1.165, 1.54) is 10.8 Å². The maximum Gasteiger partial charge on any atom is 0.330 e. The van der Waals surface area contributed by atoms with E-state index in [1.807, 2.05) is 36.4 Å². The largest absolute Gasteiger partial charge is 0.330 e. The van der Waals surface area contributed by atoms with E-state index in [0.29, 0.717) is 13.2 Å². The summed E-state index contributed by atoms with van der Waals surface area (Å²) in [6.07, 6.45) is 0. The molecule has 0 aliphatic heterocycles. The van der Waals surface area contributed by atoms with Gasteiger partial charge in [0.1, 0.15) is 0 Å². The summed E-state index contributed by atoms with van der Waals surface area (Å²) < 4.78 is 11.0. The number of benzene rings is 4. The van der Waals surface area contributed by atoms with Crippen molar-refractivity contribution in [2.75, 3.05) is 0 Å². The first-order valence-electron chi connectivity index (χ1n) is 8.48. The quantitative estimate of drug-likeness (QED) is 0.431. The Morgan fingerprint density at radius 2 is 1.00 bits per heavy atom. The maximum atomic E-state index is 10.0. The van der Waals surface area contributed by atoms with Gasteiger partial charge in [0, 0.05) is 0 Å². The van der Waals surface area contributed by atoms with E-state index in [2.05, 4.69) is 48.5 Å². The summed E-state index contributed by atoms with van der Waals surface area (Å²) in [7, 11) is -1.91. The SMILES string of the molecule is OP(OCc1ccc2ccccc2c1)OCc1ccc2ccccc2c1. The van der Waals surface area contributed by atoms with Gasteiger partial charge in [-0.15, -0.1) is 0 Å². The van der Waals surface area contributed by atoms with Crippen molar-refractivity contribution in [2.45, 2.75) is 13.2 Å². The van der Waals surface area contributed by atoms with Crippen LogP contribution in [0, 0.1) is 0 Å². The van der Waals surface area contributed by atoms with Crippen LogP contribution in [-0.4, -0.2) is 4.89 Å². The van der Waals surface area contributed by atoms with Crippen molar-refractivity contribution in [1.29, 1.82) is 0 Å². The van der Waals surface area contributed by atoms with Gasteiger partial charge in [-0.25, -0.2) is 0 Å². The van der Waals surface area contributed by atoms with Crippen molar-refractivity contribution < 1.29 is 13.9 Å². The van der Waals surface area contributed by atoms with Gasteiger partial charge in [0.25, 0.3) is 0 Å². The summed E-state index contributed by atoms with van der Waals surface area (Å²) in [4.78, 5) is 10.0. The van der Waals surface area contributed by atoms with Crippen LogP contribution in [0.15, 0.2) is 84.9 Å². The third kappa shape index (κ3) is 4.09. The summed E-state index contributed by atoms with van der Waals surface area (Å²) >= 11 is 0. The van der Waals surface area contributed by atoms with E-state index in [0.717, 1.165) is 21.9 Å². The molecule has 0 atom stereocenters. The van der Waals surface area contributed by atoms with Gasteiger partial charge in [0.2, 0.25) is 0 Å². The molecular weight excluding hydrogens is 343 g/mol. The van der Waals surface area contributed by atoms with Crippen LogP contribution in [0.4, 0.5) is 0 Å². The molecule has 3 nitrogen and oxygen atoms in total. The molecule has 26 heavy (non-hydrogen) atoms. The molecular formula is C22H19O3P. The zero-order valence-corrected chi connectivity index (χ0v) is 15.1. The smallest absolute Gasteiger partial charge is 0.328 e. The van der Waals surface area contributed by atoms with Gasteiger partial charge in [-0.3, -0.25) is 0 Å². The van der Waals surface area contributed by atoms with Crippen molar-refractivity contribution in [3.8, 4) is 0 Å². The van der Waals surface area contributed by atoms with Crippen LogP contribution < -0.4 is 0 Å². The van der Waals surface area contributed by atoms with Gasteiger partial charge in [0.15, 0.2) is 0 Å². The number of fused-ring (bicyclic) bond motifs is 2.